The van der Waals surface area contributed by atoms with E-state index in [1.807, 2.05) is 12.1 Å². The summed E-state index contributed by atoms with van der Waals surface area (Å²) in [6.45, 7) is 0.415. The van der Waals surface area contributed by atoms with E-state index in [0.717, 1.165) is 5.56 Å². The van der Waals surface area contributed by atoms with Gasteiger partial charge in [-0.3, -0.25) is 10.1 Å². The van der Waals surface area contributed by atoms with Crippen LogP contribution >= 0.6 is 11.6 Å². The molecular weight excluding hydrogens is 268 g/mol. The molecule has 2 aromatic rings. The summed E-state index contributed by atoms with van der Waals surface area (Å²) in [6.07, 6.45) is 0. The number of hydrogen-bond donors (Lipinski definition) is 1. The maximum absolute atomic E-state index is 10.6. The summed E-state index contributed by atoms with van der Waals surface area (Å²) in [6, 6.07) is 11.5. The van der Waals surface area contributed by atoms with Gasteiger partial charge in [-0.15, -0.1) is 0 Å². The molecule has 0 atom stereocenters. The van der Waals surface area contributed by atoms with E-state index in [1.165, 1.54) is 18.2 Å². The lowest BCUT2D eigenvalue weighted by atomic mass is 10.2. The van der Waals surface area contributed by atoms with E-state index >= 15 is 0 Å². The van der Waals surface area contributed by atoms with Crippen molar-refractivity contribution in [3.63, 3.8) is 0 Å². The minimum absolute atomic E-state index is 0.0393. The topological polar surface area (TPSA) is 78.4 Å². The lowest BCUT2D eigenvalue weighted by Gasteiger charge is -2.07. The van der Waals surface area contributed by atoms with Crippen molar-refractivity contribution in [3.05, 3.63) is 63.2 Å². The van der Waals surface area contributed by atoms with Crippen LogP contribution in [0, 0.1) is 10.1 Å². The van der Waals surface area contributed by atoms with Gasteiger partial charge in [0.15, 0.2) is 0 Å². The van der Waals surface area contributed by atoms with Crippen molar-refractivity contribution in [2.45, 2.75) is 6.54 Å². The third-order valence-electron chi connectivity index (χ3n) is 2.49. The van der Waals surface area contributed by atoms with Gasteiger partial charge in [0.25, 0.3) is 5.69 Å². The first-order valence-corrected chi connectivity index (χ1v) is 5.89. The average molecular weight is 279 g/mol. The van der Waals surface area contributed by atoms with Crippen molar-refractivity contribution in [2.24, 2.45) is 5.73 Å². The van der Waals surface area contributed by atoms with Crippen molar-refractivity contribution in [3.8, 4) is 11.5 Å². The second-order valence-electron chi connectivity index (χ2n) is 3.82. The van der Waals surface area contributed by atoms with E-state index in [4.69, 9.17) is 22.1 Å². The van der Waals surface area contributed by atoms with Crippen molar-refractivity contribution < 1.29 is 9.66 Å². The Bertz CT molecular complexity index is 617. The summed E-state index contributed by atoms with van der Waals surface area (Å²) in [5.41, 5.74) is 6.32. The number of rotatable bonds is 4. The molecule has 0 aliphatic rings. The second-order valence-corrected chi connectivity index (χ2v) is 4.23. The zero-order valence-corrected chi connectivity index (χ0v) is 10.6. The fourth-order valence-corrected chi connectivity index (χ4v) is 1.81. The molecule has 0 aliphatic carbocycles. The van der Waals surface area contributed by atoms with Gasteiger partial charge in [0, 0.05) is 18.7 Å². The van der Waals surface area contributed by atoms with Crippen LogP contribution < -0.4 is 10.5 Å². The number of nitrogens with two attached hydrogens (primary N) is 1. The Labute approximate surface area is 114 Å². The van der Waals surface area contributed by atoms with E-state index in [1.54, 1.807) is 12.1 Å². The van der Waals surface area contributed by atoms with Gasteiger partial charge in [-0.1, -0.05) is 23.7 Å². The highest BCUT2D eigenvalue weighted by molar-refractivity contribution is 6.32. The molecule has 2 N–H and O–H groups in total. The minimum Gasteiger partial charge on any atom is -0.457 e. The number of ether oxygens (including phenoxy) is 1. The quantitative estimate of drug-likeness (QED) is 0.686. The summed E-state index contributed by atoms with van der Waals surface area (Å²) in [4.78, 5) is 10.1. The highest BCUT2D eigenvalue weighted by atomic mass is 35.5. The zero-order chi connectivity index (χ0) is 13.8. The lowest BCUT2D eigenvalue weighted by molar-refractivity contribution is -0.384. The van der Waals surface area contributed by atoms with Crippen molar-refractivity contribution in [1.82, 2.24) is 0 Å². The Morgan fingerprint density at radius 2 is 1.95 bits per heavy atom. The minimum atomic E-state index is -0.541. The Kier molecular flexibility index (Phi) is 3.99. The lowest BCUT2D eigenvalue weighted by Crippen LogP contribution is -1.96. The van der Waals surface area contributed by atoms with Crippen molar-refractivity contribution in [1.29, 1.82) is 0 Å². The predicted molar refractivity (Wildman–Crippen MR) is 72.5 cm³/mol. The first-order chi connectivity index (χ1) is 9.10. The molecule has 6 heteroatoms. The Morgan fingerprint density at radius 1 is 1.21 bits per heavy atom. The molecule has 0 aliphatic heterocycles. The number of halogens is 1. The Balaban J connectivity index is 2.23. The molecule has 0 saturated heterocycles. The Morgan fingerprint density at radius 3 is 2.58 bits per heavy atom. The molecule has 0 bridgehead atoms. The molecule has 2 rings (SSSR count). The van der Waals surface area contributed by atoms with Gasteiger partial charge in [-0.2, -0.15) is 0 Å². The van der Waals surface area contributed by atoms with Crippen LogP contribution in [-0.2, 0) is 6.54 Å². The highest BCUT2D eigenvalue weighted by Crippen LogP contribution is 2.31. The summed E-state index contributed by atoms with van der Waals surface area (Å²) in [5.74, 6) is 1.04. The van der Waals surface area contributed by atoms with E-state index < -0.39 is 4.92 Å². The number of nitro groups is 1. The van der Waals surface area contributed by atoms with Crippen LogP contribution in [0.1, 0.15) is 5.56 Å². The maximum atomic E-state index is 10.6. The average Bonchev–Trinajstić information content (AvgIpc) is 2.38. The molecule has 0 unspecified atom stereocenters. The molecule has 0 aromatic heterocycles. The fourth-order valence-electron chi connectivity index (χ4n) is 1.57. The van der Waals surface area contributed by atoms with Crippen LogP contribution in [0.4, 0.5) is 5.69 Å². The molecule has 2 aromatic carbocycles. The summed E-state index contributed by atoms with van der Waals surface area (Å²) >= 11 is 5.81. The molecule has 0 fully saturated rings. The molecule has 0 saturated carbocycles. The number of benzene rings is 2. The summed E-state index contributed by atoms with van der Waals surface area (Å²) < 4.78 is 5.57. The van der Waals surface area contributed by atoms with Gasteiger partial charge in [0.05, 0.1) is 4.92 Å². The van der Waals surface area contributed by atoms with Crippen LogP contribution in [0.25, 0.3) is 0 Å². The molecular formula is C13H11ClN2O3. The summed E-state index contributed by atoms with van der Waals surface area (Å²) in [7, 11) is 0. The van der Waals surface area contributed by atoms with E-state index in [-0.39, 0.29) is 10.7 Å². The van der Waals surface area contributed by atoms with Crippen molar-refractivity contribution in [2.75, 3.05) is 0 Å². The number of nitrogens with zero attached hydrogens (tertiary/aromatic N) is 1. The highest BCUT2D eigenvalue weighted by Gasteiger charge is 2.12. The standard InChI is InChI=1S/C13H11ClN2O3/c14-12-7-11(4-5-13(12)16(17)18)19-10-3-1-2-9(6-10)8-15/h1-7H,8,15H2. The third-order valence-corrected chi connectivity index (χ3v) is 2.79. The largest absolute Gasteiger partial charge is 0.457 e. The van der Waals surface area contributed by atoms with E-state index in [9.17, 15) is 10.1 Å². The molecule has 98 valence electrons. The normalized spacial score (nSPS) is 10.2. The van der Waals surface area contributed by atoms with Gasteiger partial charge in [-0.05, 0) is 23.8 Å². The Hall–Kier alpha value is -2.11. The monoisotopic (exact) mass is 278 g/mol. The first kappa shape index (κ1) is 13.3. The number of hydrogen-bond acceptors (Lipinski definition) is 4. The summed E-state index contributed by atoms with van der Waals surface area (Å²) in [5, 5.41) is 10.7. The number of nitro benzene ring substituents is 1. The molecule has 5 nitrogen and oxygen atoms in total. The third kappa shape index (κ3) is 3.21. The van der Waals surface area contributed by atoms with Gasteiger partial charge >= 0.3 is 0 Å². The van der Waals surface area contributed by atoms with E-state index in [2.05, 4.69) is 0 Å². The zero-order valence-electron chi connectivity index (χ0n) is 9.88. The molecule has 0 radical (unpaired) electrons. The molecule has 19 heavy (non-hydrogen) atoms. The maximum Gasteiger partial charge on any atom is 0.288 e. The molecule has 0 heterocycles. The van der Waals surface area contributed by atoms with Crippen LogP contribution in [0.5, 0.6) is 11.5 Å². The fraction of sp³-hybridized carbons (Fsp3) is 0.0769. The molecule has 0 amide bonds. The second kappa shape index (κ2) is 5.69. The van der Waals surface area contributed by atoms with Crippen LogP contribution in [0.15, 0.2) is 42.5 Å². The van der Waals surface area contributed by atoms with Gasteiger partial charge in [0.2, 0.25) is 0 Å². The van der Waals surface area contributed by atoms with Crippen molar-refractivity contribution >= 4 is 17.3 Å². The first-order valence-electron chi connectivity index (χ1n) is 5.51. The smallest absolute Gasteiger partial charge is 0.288 e. The SMILES string of the molecule is NCc1cccc(Oc2ccc([N+](=O)[O-])c(Cl)c2)c1. The van der Waals surface area contributed by atoms with Crippen LogP contribution in [-0.4, -0.2) is 4.92 Å². The van der Waals surface area contributed by atoms with Crippen LogP contribution in [0.2, 0.25) is 5.02 Å². The predicted octanol–water partition coefficient (Wildman–Crippen LogP) is 3.50. The van der Waals surface area contributed by atoms with Gasteiger partial charge in [-0.25, -0.2) is 0 Å². The van der Waals surface area contributed by atoms with E-state index in [0.29, 0.717) is 18.0 Å². The van der Waals surface area contributed by atoms with Gasteiger partial charge < -0.3 is 10.5 Å². The molecule has 0 spiro atoms. The van der Waals surface area contributed by atoms with Crippen LogP contribution in [0.3, 0.4) is 0 Å². The van der Waals surface area contributed by atoms with Gasteiger partial charge in [0.1, 0.15) is 16.5 Å².